The Labute approximate surface area is 164 Å². The molecular weight excluding hydrogens is 419 g/mol. The van der Waals surface area contributed by atoms with Gasteiger partial charge in [-0.15, -0.1) is 0 Å². The van der Waals surface area contributed by atoms with Crippen molar-refractivity contribution in [2.24, 2.45) is 0 Å². The highest BCUT2D eigenvalue weighted by molar-refractivity contribution is 14.1. The molecule has 2 heteroatoms. The SMILES string of the molecule is CC(C)(OC(C)(I)c1ccc(-c2ccccc2)cc1)c1ccccc1. The van der Waals surface area contributed by atoms with Crippen LogP contribution in [0.2, 0.25) is 0 Å². The molecule has 0 heterocycles. The van der Waals surface area contributed by atoms with E-state index in [1.54, 1.807) is 0 Å². The maximum Gasteiger partial charge on any atom is 0.142 e. The largest absolute Gasteiger partial charge is 0.350 e. The summed E-state index contributed by atoms with van der Waals surface area (Å²) in [6.07, 6.45) is 0. The summed E-state index contributed by atoms with van der Waals surface area (Å²) in [5.41, 5.74) is 4.43. The minimum atomic E-state index is -0.410. The zero-order valence-corrected chi connectivity index (χ0v) is 17.0. The van der Waals surface area contributed by atoms with Crippen LogP contribution < -0.4 is 0 Å². The van der Waals surface area contributed by atoms with Crippen LogP contribution in [-0.2, 0) is 13.9 Å². The predicted molar refractivity (Wildman–Crippen MR) is 114 cm³/mol. The third kappa shape index (κ3) is 4.31. The first-order valence-corrected chi connectivity index (χ1v) is 9.57. The molecule has 3 aromatic rings. The predicted octanol–water partition coefficient (Wildman–Crippen LogP) is 6.91. The molecule has 0 aliphatic heterocycles. The molecule has 0 aliphatic rings. The maximum atomic E-state index is 6.53. The van der Waals surface area contributed by atoms with Crippen molar-refractivity contribution in [1.82, 2.24) is 0 Å². The third-order valence-electron chi connectivity index (χ3n) is 4.42. The molecule has 0 aliphatic carbocycles. The molecule has 1 unspecified atom stereocenters. The van der Waals surface area contributed by atoms with Gasteiger partial charge in [0, 0.05) is 0 Å². The molecule has 0 bridgehead atoms. The Kier molecular flexibility index (Phi) is 5.30. The Morgan fingerprint density at radius 2 is 1.08 bits per heavy atom. The lowest BCUT2D eigenvalue weighted by Gasteiger charge is -2.35. The average Bonchev–Trinajstić information content (AvgIpc) is 2.62. The number of alkyl halides is 1. The Morgan fingerprint density at radius 3 is 1.64 bits per heavy atom. The summed E-state index contributed by atoms with van der Waals surface area (Å²) >= 11 is 2.40. The fourth-order valence-electron chi connectivity index (χ4n) is 3.03. The van der Waals surface area contributed by atoms with E-state index in [2.05, 4.69) is 116 Å². The lowest BCUT2D eigenvalue weighted by Crippen LogP contribution is -2.31. The van der Waals surface area contributed by atoms with Crippen LogP contribution >= 0.6 is 22.6 Å². The van der Waals surface area contributed by atoms with Crippen LogP contribution in [0.1, 0.15) is 31.9 Å². The number of ether oxygens (including phenoxy) is 1. The molecule has 0 spiro atoms. The van der Waals surface area contributed by atoms with Crippen molar-refractivity contribution in [2.45, 2.75) is 30.0 Å². The molecule has 0 amide bonds. The zero-order valence-electron chi connectivity index (χ0n) is 14.9. The summed E-state index contributed by atoms with van der Waals surface area (Å²) < 4.78 is 6.12. The van der Waals surface area contributed by atoms with E-state index < -0.39 is 3.61 Å². The van der Waals surface area contributed by atoms with E-state index >= 15 is 0 Å². The highest BCUT2D eigenvalue weighted by Gasteiger charge is 2.33. The average molecular weight is 442 g/mol. The van der Waals surface area contributed by atoms with Crippen molar-refractivity contribution in [3.63, 3.8) is 0 Å². The topological polar surface area (TPSA) is 9.23 Å². The highest BCUT2D eigenvalue weighted by atomic mass is 127. The minimum Gasteiger partial charge on any atom is -0.350 e. The summed E-state index contributed by atoms with van der Waals surface area (Å²) in [6, 6.07) is 29.5. The smallest absolute Gasteiger partial charge is 0.142 e. The van der Waals surface area contributed by atoms with E-state index in [1.165, 1.54) is 16.7 Å². The molecule has 25 heavy (non-hydrogen) atoms. The van der Waals surface area contributed by atoms with Crippen LogP contribution in [-0.4, -0.2) is 0 Å². The van der Waals surface area contributed by atoms with Crippen molar-refractivity contribution < 1.29 is 4.74 Å². The van der Waals surface area contributed by atoms with Crippen LogP contribution in [0, 0.1) is 0 Å². The van der Waals surface area contributed by atoms with E-state index in [0.717, 1.165) is 5.56 Å². The molecule has 128 valence electrons. The van der Waals surface area contributed by atoms with Gasteiger partial charge in [-0.3, -0.25) is 0 Å². The molecule has 1 nitrogen and oxygen atoms in total. The van der Waals surface area contributed by atoms with E-state index in [4.69, 9.17) is 4.74 Å². The van der Waals surface area contributed by atoms with Gasteiger partial charge in [0.2, 0.25) is 0 Å². The van der Waals surface area contributed by atoms with Crippen LogP contribution in [0.5, 0.6) is 0 Å². The van der Waals surface area contributed by atoms with E-state index in [0.29, 0.717) is 0 Å². The van der Waals surface area contributed by atoms with E-state index in [9.17, 15) is 0 Å². The fraction of sp³-hybridized carbons (Fsp3) is 0.217. The van der Waals surface area contributed by atoms with Crippen LogP contribution in [0.15, 0.2) is 84.9 Å². The van der Waals surface area contributed by atoms with Gasteiger partial charge in [-0.05, 0) is 65.6 Å². The van der Waals surface area contributed by atoms with Gasteiger partial charge < -0.3 is 4.74 Å². The summed E-state index contributed by atoms with van der Waals surface area (Å²) in [6.45, 7) is 6.37. The number of halogens is 1. The molecule has 1 atom stereocenters. The first-order chi connectivity index (χ1) is 11.9. The first kappa shape index (κ1) is 18.2. The maximum absolute atomic E-state index is 6.53. The lowest BCUT2D eigenvalue weighted by molar-refractivity contribution is -0.0810. The van der Waals surface area contributed by atoms with Crippen LogP contribution in [0.25, 0.3) is 11.1 Å². The second kappa shape index (κ2) is 7.30. The van der Waals surface area contributed by atoms with Gasteiger partial charge in [0.05, 0.1) is 5.60 Å². The summed E-state index contributed by atoms with van der Waals surface area (Å²) in [7, 11) is 0. The lowest BCUT2D eigenvalue weighted by atomic mass is 9.97. The van der Waals surface area contributed by atoms with Gasteiger partial charge >= 0.3 is 0 Å². The van der Waals surface area contributed by atoms with E-state index in [1.807, 2.05) is 12.1 Å². The van der Waals surface area contributed by atoms with Crippen molar-refractivity contribution in [1.29, 1.82) is 0 Å². The quantitative estimate of drug-likeness (QED) is 0.308. The van der Waals surface area contributed by atoms with Crippen molar-refractivity contribution in [2.75, 3.05) is 0 Å². The number of benzene rings is 3. The third-order valence-corrected chi connectivity index (χ3v) is 5.27. The van der Waals surface area contributed by atoms with Crippen molar-refractivity contribution >= 4 is 22.6 Å². The van der Waals surface area contributed by atoms with Gasteiger partial charge in [-0.2, -0.15) is 0 Å². The fourth-order valence-corrected chi connectivity index (χ4v) is 3.94. The van der Waals surface area contributed by atoms with Crippen molar-refractivity contribution in [3.05, 3.63) is 96.1 Å². The molecule has 3 aromatic carbocycles. The minimum absolute atomic E-state index is 0.366. The summed E-state index contributed by atoms with van der Waals surface area (Å²) in [4.78, 5) is 0. The number of rotatable bonds is 5. The monoisotopic (exact) mass is 442 g/mol. The highest BCUT2D eigenvalue weighted by Crippen LogP contribution is 2.41. The summed E-state index contributed by atoms with van der Waals surface area (Å²) in [5.74, 6) is 0. The zero-order chi connectivity index (χ0) is 17.9. The van der Waals surface area contributed by atoms with Crippen LogP contribution in [0.4, 0.5) is 0 Å². The van der Waals surface area contributed by atoms with Gasteiger partial charge in [-0.25, -0.2) is 0 Å². The Balaban J connectivity index is 1.82. The number of hydrogen-bond donors (Lipinski definition) is 0. The van der Waals surface area contributed by atoms with E-state index in [-0.39, 0.29) is 5.60 Å². The second-order valence-electron chi connectivity index (χ2n) is 6.84. The standard InChI is InChI=1S/C23H23IO/c1-22(2,20-12-8-5-9-13-20)25-23(3,24)21-16-14-19(15-17-21)18-10-6-4-7-11-18/h4-17H,1-3H3. The normalized spacial score (nSPS) is 14.1. The Morgan fingerprint density at radius 1 is 0.600 bits per heavy atom. The molecule has 0 N–H and O–H groups in total. The van der Waals surface area contributed by atoms with Gasteiger partial charge in [0.25, 0.3) is 0 Å². The molecule has 0 radical (unpaired) electrons. The molecule has 3 rings (SSSR count). The van der Waals surface area contributed by atoms with Gasteiger partial charge in [-0.1, -0.05) is 84.9 Å². The first-order valence-electron chi connectivity index (χ1n) is 8.49. The Hall–Kier alpha value is -1.65. The number of hydrogen-bond acceptors (Lipinski definition) is 1. The second-order valence-corrected chi connectivity index (χ2v) is 8.90. The molecule has 0 saturated carbocycles. The van der Waals surface area contributed by atoms with Crippen LogP contribution in [0.3, 0.4) is 0 Å². The Bertz CT molecular complexity index is 806. The summed E-state index contributed by atoms with van der Waals surface area (Å²) in [5, 5.41) is 0. The molecule has 0 saturated heterocycles. The molecular formula is C23H23IO. The van der Waals surface area contributed by atoms with Gasteiger partial charge in [0.1, 0.15) is 3.61 Å². The molecule has 0 aromatic heterocycles. The molecule has 0 fully saturated rings. The van der Waals surface area contributed by atoms with Gasteiger partial charge in [0.15, 0.2) is 0 Å². The van der Waals surface area contributed by atoms with Crippen molar-refractivity contribution in [3.8, 4) is 11.1 Å².